The van der Waals surface area contributed by atoms with Crippen molar-refractivity contribution in [2.75, 3.05) is 31.1 Å². The molecule has 1 saturated heterocycles. The first-order valence-electron chi connectivity index (χ1n) is 10.0. The van der Waals surface area contributed by atoms with E-state index in [9.17, 15) is 21.6 Å². The van der Waals surface area contributed by atoms with Gasteiger partial charge in [-0.15, -0.1) is 24.0 Å². The molecular formula is C20H29F3IN3O2S. The van der Waals surface area contributed by atoms with Gasteiger partial charge < -0.3 is 10.6 Å². The molecule has 2 fully saturated rings. The average molecular weight is 559 g/mol. The molecule has 1 aromatic rings. The smallest absolute Gasteiger partial charge is 0.357 e. The van der Waals surface area contributed by atoms with Gasteiger partial charge in [-0.2, -0.15) is 13.2 Å². The summed E-state index contributed by atoms with van der Waals surface area (Å²) in [5.74, 6) is 1.05. The third kappa shape index (κ3) is 6.24. The van der Waals surface area contributed by atoms with Gasteiger partial charge in [0.05, 0.1) is 23.6 Å². The molecular weight excluding hydrogens is 530 g/mol. The highest BCUT2D eigenvalue weighted by atomic mass is 127. The lowest BCUT2D eigenvalue weighted by atomic mass is 9.64. The predicted octanol–water partition coefficient (Wildman–Crippen LogP) is 3.73. The monoisotopic (exact) mass is 559 g/mol. The number of rotatable bonds is 6. The summed E-state index contributed by atoms with van der Waals surface area (Å²) in [6.07, 6.45) is -1.14. The van der Waals surface area contributed by atoms with Crippen LogP contribution in [0, 0.1) is 5.92 Å². The van der Waals surface area contributed by atoms with Crippen molar-refractivity contribution < 1.29 is 21.6 Å². The van der Waals surface area contributed by atoms with E-state index in [1.807, 2.05) is 6.92 Å². The molecule has 1 aliphatic heterocycles. The van der Waals surface area contributed by atoms with Crippen molar-refractivity contribution in [3.05, 3.63) is 35.4 Å². The van der Waals surface area contributed by atoms with E-state index in [-0.39, 0.29) is 46.8 Å². The normalized spacial score (nSPS) is 22.7. The molecule has 0 radical (unpaired) electrons. The van der Waals surface area contributed by atoms with Crippen molar-refractivity contribution >= 4 is 39.8 Å². The second kappa shape index (κ2) is 10.1. The van der Waals surface area contributed by atoms with Crippen LogP contribution < -0.4 is 10.6 Å². The Morgan fingerprint density at radius 3 is 2.53 bits per heavy atom. The van der Waals surface area contributed by atoms with Crippen molar-refractivity contribution in [3.63, 3.8) is 0 Å². The van der Waals surface area contributed by atoms with Crippen molar-refractivity contribution in [2.24, 2.45) is 10.9 Å². The Morgan fingerprint density at radius 2 is 2.00 bits per heavy atom. The molecule has 2 aliphatic rings. The molecule has 1 heterocycles. The number of benzene rings is 1. The molecule has 170 valence electrons. The van der Waals surface area contributed by atoms with Crippen LogP contribution in [0.15, 0.2) is 29.3 Å². The number of nitrogens with one attached hydrogen (secondary N) is 2. The van der Waals surface area contributed by atoms with Gasteiger partial charge in [0.1, 0.15) is 0 Å². The zero-order valence-corrected chi connectivity index (χ0v) is 20.1. The minimum absolute atomic E-state index is 0. The maximum atomic E-state index is 13.1. The van der Waals surface area contributed by atoms with Crippen LogP contribution in [0.25, 0.3) is 0 Å². The Labute approximate surface area is 193 Å². The highest BCUT2D eigenvalue weighted by Gasteiger charge is 2.40. The van der Waals surface area contributed by atoms with E-state index in [1.165, 1.54) is 12.1 Å². The molecule has 30 heavy (non-hydrogen) atoms. The summed E-state index contributed by atoms with van der Waals surface area (Å²) < 4.78 is 62.5. The molecule has 1 saturated carbocycles. The summed E-state index contributed by atoms with van der Waals surface area (Å²) in [5, 5.41) is 6.35. The molecule has 5 nitrogen and oxygen atoms in total. The van der Waals surface area contributed by atoms with E-state index in [2.05, 4.69) is 15.6 Å². The standard InChI is InChI=1S/C20H28F3N3O2S.HI/c1-2-24-18(25-12-15-7-10-29(27,28)13-15)26-14-19(8-4-9-19)16-5-3-6-17(11-16)20(21,22)23;/h3,5-6,11,15H,2,4,7-10,12-14H2,1H3,(H2,24,25,26);1H. The molecule has 10 heteroatoms. The van der Waals surface area contributed by atoms with Gasteiger partial charge in [-0.1, -0.05) is 24.6 Å². The second-order valence-corrected chi connectivity index (χ2v) is 10.3. The van der Waals surface area contributed by atoms with E-state index in [4.69, 9.17) is 0 Å². The number of sulfone groups is 1. The van der Waals surface area contributed by atoms with Gasteiger partial charge in [0.2, 0.25) is 0 Å². The quantitative estimate of drug-likeness (QED) is 0.317. The first-order chi connectivity index (χ1) is 13.6. The van der Waals surface area contributed by atoms with E-state index in [0.29, 0.717) is 37.6 Å². The van der Waals surface area contributed by atoms with Crippen LogP contribution in [0.3, 0.4) is 0 Å². The SMILES string of the molecule is CCNC(=NCC1(c2cccc(C(F)(F)F)c2)CCC1)NCC1CCS(=O)(=O)C1.I. The number of hydrogen-bond donors (Lipinski definition) is 2. The Kier molecular flexibility index (Phi) is 8.45. The van der Waals surface area contributed by atoms with Gasteiger partial charge in [0.15, 0.2) is 15.8 Å². The number of hydrogen-bond acceptors (Lipinski definition) is 3. The van der Waals surface area contributed by atoms with Crippen molar-refractivity contribution in [3.8, 4) is 0 Å². The largest absolute Gasteiger partial charge is 0.416 e. The topological polar surface area (TPSA) is 70.6 Å². The lowest BCUT2D eigenvalue weighted by Crippen LogP contribution is -2.43. The first kappa shape index (κ1) is 25.2. The number of guanidine groups is 1. The number of halogens is 4. The second-order valence-electron chi connectivity index (χ2n) is 8.06. The van der Waals surface area contributed by atoms with Crippen LogP contribution in [-0.4, -0.2) is 45.5 Å². The van der Waals surface area contributed by atoms with Crippen LogP contribution in [0.2, 0.25) is 0 Å². The molecule has 1 aromatic carbocycles. The van der Waals surface area contributed by atoms with E-state index >= 15 is 0 Å². The molecule has 0 amide bonds. The number of alkyl halides is 3. The van der Waals surface area contributed by atoms with Gasteiger partial charge in [-0.25, -0.2) is 8.42 Å². The maximum Gasteiger partial charge on any atom is 0.416 e. The summed E-state index contributed by atoms with van der Waals surface area (Å²) in [4.78, 5) is 4.64. The Bertz CT molecular complexity index is 855. The van der Waals surface area contributed by atoms with Gasteiger partial charge in [-0.3, -0.25) is 4.99 Å². The molecule has 3 rings (SSSR count). The fourth-order valence-corrected chi connectivity index (χ4v) is 5.88. The summed E-state index contributed by atoms with van der Waals surface area (Å²) in [6.45, 7) is 3.49. The molecule has 2 N–H and O–H groups in total. The Morgan fingerprint density at radius 1 is 1.27 bits per heavy atom. The third-order valence-electron chi connectivity index (χ3n) is 5.88. The number of aliphatic imine (C=N–C) groups is 1. The van der Waals surface area contributed by atoms with Crippen LogP contribution >= 0.6 is 24.0 Å². The van der Waals surface area contributed by atoms with Gasteiger partial charge in [0, 0.05) is 18.5 Å². The average Bonchev–Trinajstić information content (AvgIpc) is 2.97. The fraction of sp³-hybridized carbons (Fsp3) is 0.650. The third-order valence-corrected chi connectivity index (χ3v) is 7.72. The molecule has 1 unspecified atom stereocenters. The highest BCUT2D eigenvalue weighted by Crippen LogP contribution is 2.45. The van der Waals surface area contributed by atoms with Crippen LogP contribution in [0.1, 0.15) is 43.7 Å². The minimum atomic E-state index is -4.36. The first-order valence-corrected chi connectivity index (χ1v) is 11.9. The van der Waals surface area contributed by atoms with E-state index < -0.39 is 21.6 Å². The summed E-state index contributed by atoms with van der Waals surface area (Å²) in [7, 11) is -2.93. The Balaban J connectivity index is 0.00000320. The zero-order valence-electron chi connectivity index (χ0n) is 17.0. The van der Waals surface area contributed by atoms with E-state index in [1.54, 1.807) is 6.07 Å². The van der Waals surface area contributed by atoms with Crippen molar-refractivity contribution in [1.29, 1.82) is 0 Å². The van der Waals surface area contributed by atoms with Gasteiger partial charge in [0.25, 0.3) is 0 Å². The minimum Gasteiger partial charge on any atom is -0.357 e. The fourth-order valence-electron chi connectivity index (χ4n) is 4.01. The van der Waals surface area contributed by atoms with Crippen molar-refractivity contribution in [2.45, 2.75) is 44.2 Å². The molecule has 0 aromatic heterocycles. The lowest BCUT2D eigenvalue weighted by Gasteiger charge is -2.41. The molecule has 0 spiro atoms. The zero-order chi connectivity index (χ0) is 21.1. The van der Waals surface area contributed by atoms with Crippen LogP contribution in [0.5, 0.6) is 0 Å². The molecule has 0 bridgehead atoms. The summed E-state index contributed by atoms with van der Waals surface area (Å²) in [6, 6.07) is 5.57. The van der Waals surface area contributed by atoms with Crippen LogP contribution in [-0.2, 0) is 21.4 Å². The van der Waals surface area contributed by atoms with Gasteiger partial charge >= 0.3 is 6.18 Å². The van der Waals surface area contributed by atoms with E-state index in [0.717, 1.165) is 25.3 Å². The summed E-state index contributed by atoms with van der Waals surface area (Å²) >= 11 is 0. The summed E-state index contributed by atoms with van der Waals surface area (Å²) in [5.41, 5.74) is -0.321. The lowest BCUT2D eigenvalue weighted by molar-refractivity contribution is -0.137. The highest BCUT2D eigenvalue weighted by molar-refractivity contribution is 14.0. The molecule has 1 atom stereocenters. The van der Waals surface area contributed by atoms with Gasteiger partial charge in [-0.05, 0) is 43.7 Å². The Hall–Kier alpha value is -1.04. The van der Waals surface area contributed by atoms with Crippen LogP contribution in [0.4, 0.5) is 13.2 Å². The van der Waals surface area contributed by atoms with Crippen molar-refractivity contribution in [1.82, 2.24) is 10.6 Å². The predicted molar refractivity (Wildman–Crippen MR) is 123 cm³/mol. The molecule has 1 aliphatic carbocycles. The number of nitrogens with zero attached hydrogens (tertiary/aromatic N) is 1. The maximum absolute atomic E-state index is 13.1.